The smallest absolute Gasteiger partial charge is 0.220 e. The van der Waals surface area contributed by atoms with E-state index < -0.39 is 12.0 Å². The molecule has 0 saturated carbocycles. The summed E-state index contributed by atoms with van der Waals surface area (Å²) in [5, 5.41) is 9.55. The normalized spacial score (nSPS) is 17.5. The van der Waals surface area contributed by atoms with E-state index in [2.05, 4.69) is 27.7 Å². The fourth-order valence-electron chi connectivity index (χ4n) is 1.99. The summed E-state index contributed by atoms with van der Waals surface area (Å²) in [4.78, 5) is 10.6. The first-order valence-corrected chi connectivity index (χ1v) is 6.18. The molecule has 2 atom stereocenters. The van der Waals surface area contributed by atoms with Gasteiger partial charge in [-0.3, -0.25) is 4.79 Å². The molecule has 0 aromatic rings. The summed E-state index contributed by atoms with van der Waals surface area (Å²) in [6.07, 6.45) is 0.918. The van der Waals surface area contributed by atoms with E-state index in [0.29, 0.717) is 0 Å². The third-order valence-electron chi connectivity index (χ3n) is 2.71. The Morgan fingerprint density at radius 3 is 2.24 bits per heavy atom. The summed E-state index contributed by atoms with van der Waals surface area (Å²) >= 11 is 0. The molecule has 0 saturated heterocycles. The maximum Gasteiger partial charge on any atom is 0.220 e. The number of hydrogen-bond acceptors (Lipinski definition) is 3. The van der Waals surface area contributed by atoms with Crippen molar-refractivity contribution in [2.45, 2.75) is 65.6 Å². The van der Waals surface area contributed by atoms with Gasteiger partial charge in [-0.15, -0.1) is 0 Å². The Morgan fingerprint density at radius 1 is 1.35 bits per heavy atom. The van der Waals surface area contributed by atoms with E-state index in [1.807, 2.05) is 6.92 Å². The molecule has 102 valence electrons. The van der Waals surface area contributed by atoms with Gasteiger partial charge in [0.1, 0.15) is 0 Å². The van der Waals surface area contributed by atoms with Crippen LogP contribution < -0.4 is 5.73 Å². The van der Waals surface area contributed by atoms with Crippen LogP contribution in [0, 0.1) is 5.41 Å². The second kappa shape index (κ2) is 6.36. The Kier molecular flexibility index (Phi) is 6.13. The van der Waals surface area contributed by atoms with Crippen molar-refractivity contribution < 1.29 is 14.6 Å². The minimum absolute atomic E-state index is 0.0463. The Morgan fingerprint density at radius 2 is 1.88 bits per heavy atom. The number of aliphatic hydroxyl groups is 1. The van der Waals surface area contributed by atoms with Crippen LogP contribution in [0.25, 0.3) is 0 Å². The van der Waals surface area contributed by atoms with Gasteiger partial charge in [-0.25, -0.2) is 0 Å². The summed E-state index contributed by atoms with van der Waals surface area (Å²) in [6, 6.07) is 0. The van der Waals surface area contributed by atoms with Crippen LogP contribution in [0.1, 0.15) is 53.9 Å². The Hall–Kier alpha value is -0.610. The molecular formula is C13H27NO3. The molecule has 0 aliphatic heterocycles. The summed E-state index contributed by atoms with van der Waals surface area (Å²) in [5.74, 6) is -0.505. The van der Waals surface area contributed by atoms with E-state index in [9.17, 15) is 9.90 Å². The molecule has 2 unspecified atom stereocenters. The van der Waals surface area contributed by atoms with Crippen molar-refractivity contribution in [2.24, 2.45) is 11.1 Å². The monoisotopic (exact) mass is 245 g/mol. The van der Waals surface area contributed by atoms with Crippen molar-refractivity contribution in [2.75, 3.05) is 6.61 Å². The van der Waals surface area contributed by atoms with Gasteiger partial charge in [-0.05, 0) is 25.2 Å². The van der Waals surface area contributed by atoms with Crippen LogP contribution in [0.5, 0.6) is 0 Å². The molecule has 0 rings (SSSR count). The molecule has 0 aliphatic carbocycles. The van der Waals surface area contributed by atoms with E-state index >= 15 is 0 Å². The quantitative estimate of drug-likeness (QED) is 0.719. The molecule has 0 aliphatic rings. The predicted octanol–water partition coefficient (Wildman–Crippen LogP) is 1.84. The predicted molar refractivity (Wildman–Crippen MR) is 68.5 cm³/mol. The highest BCUT2D eigenvalue weighted by Crippen LogP contribution is 2.32. The molecule has 0 aromatic carbocycles. The van der Waals surface area contributed by atoms with E-state index in [-0.39, 0.29) is 24.0 Å². The standard InChI is InChI=1S/C13H27NO3/c1-6-13(5,9-12(2,3)4)17-8-10(15)7-11(14)16/h10,15H,6-9H2,1-5H3,(H2,14,16). The highest BCUT2D eigenvalue weighted by molar-refractivity contribution is 5.74. The summed E-state index contributed by atoms with van der Waals surface area (Å²) in [5.41, 5.74) is 4.91. The van der Waals surface area contributed by atoms with E-state index in [1.165, 1.54) is 0 Å². The fourth-order valence-corrected chi connectivity index (χ4v) is 1.99. The van der Waals surface area contributed by atoms with Crippen LogP contribution in [0.4, 0.5) is 0 Å². The van der Waals surface area contributed by atoms with Gasteiger partial charge in [-0.2, -0.15) is 0 Å². The molecule has 17 heavy (non-hydrogen) atoms. The zero-order chi connectivity index (χ0) is 13.7. The van der Waals surface area contributed by atoms with Crippen LogP contribution >= 0.6 is 0 Å². The molecule has 0 aromatic heterocycles. The lowest BCUT2D eigenvalue weighted by atomic mass is 9.81. The lowest BCUT2D eigenvalue weighted by Gasteiger charge is -2.35. The number of primary amides is 1. The largest absolute Gasteiger partial charge is 0.390 e. The zero-order valence-electron chi connectivity index (χ0n) is 11.7. The van der Waals surface area contributed by atoms with Crippen LogP contribution in [0.2, 0.25) is 0 Å². The van der Waals surface area contributed by atoms with E-state index in [1.54, 1.807) is 0 Å². The molecule has 1 amide bonds. The minimum Gasteiger partial charge on any atom is -0.390 e. The molecule has 3 N–H and O–H groups in total. The SMILES string of the molecule is CCC(C)(CC(C)(C)C)OCC(O)CC(N)=O. The lowest BCUT2D eigenvalue weighted by molar-refractivity contribution is -0.124. The van der Waals surface area contributed by atoms with Crippen molar-refractivity contribution in [3.63, 3.8) is 0 Å². The van der Waals surface area contributed by atoms with E-state index in [4.69, 9.17) is 10.5 Å². The van der Waals surface area contributed by atoms with Gasteiger partial charge in [-0.1, -0.05) is 27.7 Å². The maximum atomic E-state index is 10.6. The van der Waals surface area contributed by atoms with Crippen LogP contribution in [-0.2, 0) is 9.53 Å². The summed E-state index contributed by atoms with van der Waals surface area (Å²) < 4.78 is 5.76. The van der Waals surface area contributed by atoms with E-state index in [0.717, 1.165) is 12.8 Å². The second-order valence-corrected chi connectivity index (χ2v) is 6.18. The zero-order valence-corrected chi connectivity index (χ0v) is 11.7. The number of aliphatic hydroxyl groups excluding tert-OH is 1. The van der Waals surface area contributed by atoms with Crippen LogP contribution in [0.15, 0.2) is 0 Å². The molecule has 0 fully saturated rings. The van der Waals surface area contributed by atoms with Crippen molar-refractivity contribution in [1.29, 1.82) is 0 Å². The van der Waals surface area contributed by atoms with Gasteiger partial charge in [0.25, 0.3) is 0 Å². The molecule has 0 bridgehead atoms. The highest BCUT2D eigenvalue weighted by Gasteiger charge is 2.29. The van der Waals surface area contributed by atoms with Gasteiger partial charge >= 0.3 is 0 Å². The number of carbonyl (C=O) groups is 1. The fraction of sp³-hybridized carbons (Fsp3) is 0.923. The van der Waals surface area contributed by atoms with Crippen LogP contribution in [-0.4, -0.2) is 29.3 Å². The lowest BCUT2D eigenvalue weighted by Crippen LogP contribution is -2.36. The number of rotatable bonds is 7. The van der Waals surface area contributed by atoms with Crippen LogP contribution in [0.3, 0.4) is 0 Å². The Labute approximate surface area is 105 Å². The minimum atomic E-state index is -0.807. The topological polar surface area (TPSA) is 72.6 Å². The molecule has 0 spiro atoms. The number of hydrogen-bond donors (Lipinski definition) is 2. The van der Waals surface area contributed by atoms with Gasteiger partial charge in [0, 0.05) is 0 Å². The Balaban J connectivity index is 4.25. The van der Waals surface area contributed by atoms with Gasteiger partial charge in [0.2, 0.25) is 5.91 Å². The number of ether oxygens (including phenoxy) is 1. The molecule has 0 heterocycles. The van der Waals surface area contributed by atoms with Gasteiger partial charge in [0.15, 0.2) is 0 Å². The first-order chi connectivity index (χ1) is 7.58. The third-order valence-corrected chi connectivity index (χ3v) is 2.71. The average molecular weight is 245 g/mol. The average Bonchev–Trinajstić information content (AvgIpc) is 2.11. The first-order valence-electron chi connectivity index (χ1n) is 6.18. The van der Waals surface area contributed by atoms with Crippen molar-refractivity contribution in [3.05, 3.63) is 0 Å². The first kappa shape index (κ1) is 16.4. The second-order valence-electron chi connectivity index (χ2n) is 6.18. The molecule has 4 nitrogen and oxygen atoms in total. The van der Waals surface area contributed by atoms with Crippen molar-refractivity contribution in [1.82, 2.24) is 0 Å². The third kappa shape index (κ3) is 8.16. The highest BCUT2D eigenvalue weighted by atomic mass is 16.5. The summed E-state index contributed by atoms with van der Waals surface area (Å²) in [7, 11) is 0. The Bertz CT molecular complexity index is 248. The number of carbonyl (C=O) groups excluding carboxylic acids is 1. The summed E-state index contributed by atoms with van der Waals surface area (Å²) in [6.45, 7) is 10.7. The molecular weight excluding hydrogens is 218 g/mol. The number of amides is 1. The van der Waals surface area contributed by atoms with Gasteiger partial charge < -0.3 is 15.6 Å². The molecule has 4 heteroatoms. The number of nitrogens with two attached hydrogens (primary N) is 1. The maximum absolute atomic E-state index is 10.6. The van der Waals surface area contributed by atoms with Gasteiger partial charge in [0.05, 0.1) is 24.7 Å². The van der Waals surface area contributed by atoms with Crippen molar-refractivity contribution >= 4 is 5.91 Å². The molecule has 0 radical (unpaired) electrons. The van der Waals surface area contributed by atoms with Crippen molar-refractivity contribution in [3.8, 4) is 0 Å².